The molecule has 0 saturated heterocycles. The molecule has 5 nitrogen and oxygen atoms in total. The van der Waals surface area contributed by atoms with Crippen molar-refractivity contribution in [1.29, 1.82) is 0 Å². The SMILES string of the molecule is Oc1cc(O)cc(-c2nc3cc(C(F)(F)F)ccc3s2)c1.Oc1cccc(O)c1. The number of alkyl halides is 3. The minimum absolute atomic E-state index is 0.0880. The Labute approximate surface area is 166 Å². The molecule has 0 unspecified atom stereocenters. The molecule has 1 aromatic heterocycles. The normalized spacial score (nSPS) is 11.1. The van der Waals surface area contributed by atoms with Gasteiger partial charge in [0.15, 0.2) is 0 Å². The van der Waals surface area contributed by atoms with Crippen LogP contribution in [0.15, 0.2) is 60.7 Å². The van der Waals surface area contributed by atoms with Crippen molar-refractivity contribution in [2.24, 2.45) is 0 Å². The van der Waals surface area contributed by atoms with Crippen LogP contribution in [-0.4, -0.2) is 25.4 Å². The smallest absolute Gasteiger partial charge is 0.416 e. The lowest BCUT2D eigenvalue weighted by Gasteiger charge is -2.04. The summed E-state index contributed by atoms with van der Waals surface area (Å²) >= 11 is 1.19. The largest absolute Gasteiger partial charge is 0.508 e. The molecular weight excluding hydrogens is 407 g/mol. The van der Waals surface area contributed by atoms with E-state index in [4.69, 9.17) is 10.2 Å². The van der Waals surface area contributed by atoms with Crippen LogP contribution >= 0.6 is 11.3 Å². The number of hydrogen-bond acceptors (Lipinski definition) is 6. The van der Waals surface area contributed by atoms with Gasteiger partial charge in [-0.25, -0.2) is 4.98 Å². The number of hydrogen-bond donors (Lipinski definition) is 4. The molecule has 0 atom stereocenters. The Hall–Kier alpha value is -3.46. The van der Waals surface area contributed by atoms with Gasteiger partial charge in [0.25, 0.3) is 0 Å². The summed E-state index contributed by atoms with van der Waals surface area (Å²) in [5.74, 6) is -0.101. The van der Waals surface area contributed by atoms with Crippen LogP contribution in [-0.2, 0) is 6.18 Å². The first-order chi connectivity index (χ1) is 13.6. The van der Waals surface area contributed by atoms with Crippen LogP contribution in [0.4, 0.5) is 13.2 Å². The average Bonchev–Trinajstić information content (AvgIpc) is 3.04. The van der Waals surface area contributed by atoms with Crippen LogP contribution in [0.2, 0.25) is 0 Å². The van der Waals surface area contributed by atoms with Crippen molar-refractivity contribution in [3.05, 3.63) is 66.2 Å². The summed E-state index contributed by atoms with van der Waals surface area (Å²) in [5, 5.41) is 36.6. The molecule has 0 bridgehead atoms. The highest BCUT2D eigenvalue weighted by molar-refractivity contribution is 7.21. The maximum Gasteiger partial charge on any atom is 0.416 e. The number of phenolic OH excluding ortho intramolecular Hbond substituents is 4. The molecule has 0 aliphatic carbocycles. The van der Waals surface area contributed by atoms with Crippen LogP contribution in [0, 0.1) is 0 Å². The van der Waals surface area contributed by atoms with Gasteiger partial charge in [-0.2, -0.15) is 13.2 Å². The maximum atomic E-state index is 12.7. The molecule has 4 rings (SSSR count). The van der Waals surface area contributed by atoms with Crippen molar-refractivity contribution >= 4 is 21.6 Å². The van der Waals surface area contributed by atoms with Crippen LogP contribution in [0.25, 0.3) is 20.8 Å². The minimum Gasteiger partial charge on any atom is -0.508 e. The zero-order valence-electron chi connectivity index (χ0n) is 14.6. The van der Waals surface area contributed by atoms with Crippen molar-refractivity contribution in [2.75, 3.05) is 0 Å². The van der Waals surface area contributed by atoms with E-state index >= 15 is 0 Å². The zero-order valence-corrected chi connectivity index (χ0v) is 15.4. The Morgan fingerprint density at radius 3 is 1.83 bits per heavy atom. The van der Waals surface area contributed by atoms with E-state index in [1.807, 2.05) is 0 Å². The molecular formula is C20H14F3NO4S. The Morgan fingerprint density at radius 2 is 1.31 bits per heavy atom. The molecule has 0 radical (unpaired) electrons. The molecule has 9 heteroatoms. The molecule has 0 aliphatic rings. The molecule has 29 heavy (non-hydrogen) atoms. The van der Waals surface area contributed by atoms with E-state index in [1.54, 1.807) is 6.07 Å². The quantitative estimate of drug-likeness (QED) is 0.326. The molecule has 1 heterocycles. The fourth-order valence-corrected chi connectivity index (χ4v) is 3.37. The Morgan fingerprint density at radius 1 is 0.724 bits per heavy atom. The number of benzene rings is 3. The molecule has 0 fully saturated rings. The third-order valence-corrected chi connectivity index (χ3v) is 4.78. The molecule has 3 aromatic carbocycles. The highest BCUT2D eigenvalue weighted by atomic mass is 32.1. The number of thiazole rings is 1. The second-order valence-electron chi connectivity index (χ2n) is 5.96. The molecule has 0 aliphatic heterocycles. The molecule has 0 saturated carbocycles. The average molecular weight is 421 g/mol. The van der Waals surface area contributed by atoms with Crippen LogP contribution < -0.4 is 0 Å². The number of phenols is 4. The number of halogens is 3. The third kappa shape index (κ3) is 5.08. The molecule has 0 spiro atoms. The van der Waals surface area contributed by atoms with Crippen molar-refractivity contribution in [2.45, 2.75) is 6.18 Å². The highest BCUT2D eigenvalue weighted by Crippen LogP contribution is 2.37. The van der Waals surface area contributed by atoms with E-state index in [-0.39, 0.29) is 28.5 Å². The zero-order chi connectivity index (χ0) is 21.2. The first-order valence-electron chi connectivity index (χ1n) is 8.11. The number of nitrogens with zero attached hydrogens (tertiary/aromatic N) is 1. The van der Waals surface area contributed by atoms with Gasteiger partial charge < -0.3 is 20.4 Å². The van der Waals surface area contributed by atoms with Crippen molar-refractivity contribution in [3.8, 4) is 33.6 Å². The minimum atomic E-state index is -4.42. The summed E-state index contributed by atoms with van der Waals surface area (Å²) in [5.41, 5.74) is -0.0828. The van der Waals surface area contributed by atoms with E-state index in [2.05, 4.69) is 4.98 Å². The topological polar surface area (TPSA) is 93.8 Å². The van der Waals surface area contributed by atoms with Crippen molar-refractivity contribution < 1.29 is 33.6 Å². The molecule has 4 N–H and O–H groups in total. The van der Waals surface area contributed by atoms with Gasteiger partial charge >= 0.3 is 6.18 Å². The molecule has 150 valence electrons. The first kappa shape index (κ1) is 20.3. The van der Waals surface area contributed by atoms with Gasteiger partial charge in [0.2, 0.25) is 0 Å². The van der Waals surface area contributed by atoms with Gasteiger partial charge in [-0.05, 0) is 42.5 Å². The first-order valence-corrected chi connectivity index (χ1v) is 8.92. The predicted molar refractivity (Wildman–Crippen MR) is 103 cm³/mol. The van der Waals surface area contributed by atoms with Gasteiger partial charge in [0.05, 0.1) is 15.8 Å². The van der Waals surface area contributed by atoms with Crippen LogP contribution in [0.1, 0.15) is 5.56 Å². The van der Waals surface area contributed by atoms with Crippen LogP contribution in [0.3, 0.4) is 0 Å². The highest BCUT2D eigenvalue weighted by Gasteiger charge is 2.30. The number of aromatic nitrogens is 1. The van der Waals surface area contributed by atoms with Gasteiger partial charge in [-0.3, -0.25) is 0 Å². The summed E-state index contributed by atoms with van der Waals surface area (Å²) in [6, 6.07) is 13.1. The summed E-state index contributed by atoms with van der Waals surface area (Å²) in [7, 11) is 0. The summed E-state index contributed by atoms with van der Waals surface area (Å²) in [4.78, 5) is 4.14. The molecule has 0 amide bonds. The van der Waals surface area contributed by atoms with E-state index in [1.165, 1.54) is 53.8 Å². The van der Waals surface area contributed by atoms with E-state index in [9.17, 15) is 23.4 Å². The Kier molecular flexibility index (Phi) is 5.51. The van der Waals surface area contributed by atoms with Crippen molar-refractivity contribution in [3.63, 3.8) is 0 Å². The van der Waals surface area contributed by atoms with Gasteiger partial charge in [-0.1, -0.05) is 6.07 Å². The summed E-state index contributed by atoms with van der Waals surface area (Å²) in [6.45, 7) is 0. The number of aromatic hydroxyl groups is 4. The van der Waals surface area contributed by atoms with Gasteiger partial charge in [0.1, 0.15) is 28.0 Å². The second kappa shape index (κ2) is 7.88. The van der Waals surface area contributed by atoms with Gasteiger partial charge in [0, 0.05) is 17.7 Å². The standard InChI is InChI=1S/C14H8F3NO2S.C6H6O2/c15-14(16,17)8-1-2-12-11(5-8)18-13(21-12)7-3-9(19)6-10(20)4-7;7-5-2-1-3-6(8)4-5/h1-6,19-20H;1-4,7-8H. The fraction of sp³-hybridized carbons (Fsp3) is 0.0500. The van der Waals surface area contributed by atoms with E-state index in [0.29, 0.717) is 15.3 Å². The van der Waals surface area contributed by atoms with E-state index < -0.39 is 11.7 Å². The van der Waals surface area contributed by atoms with Crippen molar-refractivity contribution in [1.82, 2.24) is 4.98 Å². The lowest BCUT2D eigenvalue weighted by Crippen LogP contribution is -2.03. The number of fused-ring (bicyclic) bond motifs is 1. The van der Waals surface area contributed by atoms with E-state index in [0.717, 1.165) is 12.1 Å². The lowest BCUT2D eigenvalue weighted by molar-refractivity contribution is -0.137. The third-order valence-electron chi connectivity index (χ3n) is 3.69. The Balaban J connectivity index is 0.000000252. The lowest BCUT2D eigenvalue weighted by atomic mass is 10.2. The number of rotatable bonds is 1. The van der Waals surface area contributed by atoms with Gasteiger partial charge in [-0.15, -0.1) is 11.3 Å². The monoisotopic (exact) mass is 421 g/mol. The summed E-state index contributed by atoms with van der Waals surface area (Å²) in [6.07, 6.45) is -4.42. The Bertz CT molecular complexity index is 1120. The maximum absolute atomic E-state index is 12.7. The second-order valence-corrected chi connectivity index (χ2v) is 6.99. The molecule has 4 aromatic rings. The summed E-state index contributed by atoms with van der Waals surface area (Å²) < 4.78 is 38.6. The van der Waals surface area contributed by atoms with Crippen LogP contribution in [0.5, 0.6) is 23.0 Å². The predicted octanol–water partition coefficient (Wildman–Crippen LogP) is 5.49. The fourth-order valence-electron chi connectivity index (χ4n) is 2.44.